The number of carbonyl (C=O) groups is 1. The summed E-state index contributed by atoms with van der Waals surface area (Å²) in [7, 11) is 0. The molecule has 0 bridgehead atoms. The minimum absolute atomic E-state index is 0.0747. The maximum absolute atomic E-state index is 10.9. The van der Waals surface area contributed by atoms with Gasteiger partial charge < -0.3 is 5.32 Å². The predicted molar refractivity (Wildman–Crippen MR) is 58.3 cm³/mol. The van der Waals surface area contributed by atoms with Gasteiger partial charge >= 0.3 is 0 Å². The molecule has 0 saturated heterocycles. The average molecular weight is 193 g/mol. The molecule has 2 nitrogen and oxygen atoms in total. The molecule has 0 amide bonds. The van der Waals surface area contributed by atoms with Gasteiger partial charge in [0, 0.05) is 11.3 Å². The summed E-state index contributed by atoms with van der Waals surface area (Å²) in [5.74, 6) is 0.0747. The second kappa shape index (κ2) is 4.14. The van der Waals surface area contributed by atoms with Gasteiger partial charge in [-0.15, -0.1) is 0 Å². The highest BCUT2D eigenvalue weighted by atomic mass is 32.1. The van der Waals surface area contributed by atoms with Gasteiger partial charge in [-0.25, -0.2) is 0 Å². The summed E-state index contributed by atoms with van der Waals surface area (Å²) >= 11 is 4.88. The lowest BCUT2D eigenvalue weighted by Crippen LogP contribution is -2.03. The summed E-state index contributed by atoms with van der Waals surface area (Å²) in [4.78, 5) is 11.7. The van der Waals surface area contributed by atoms with Crippen molar-refractivity contribution in [3.63, 3.8) is 0 Å². The molecule has 0 aliphatic heterocycles. The number of rotatable bonds is 2. The van der Waals surface area contributed by atoms with Crippen molar-refractivity contribution >= 4 is 28.7 Å². The van der Waals surface area contributed by atoms with Gasteiger partial charge in [-0.3, -0.25) is 4.79 Å². The molecule has 13 heavy (non-hydrogen) atoms. The van der Waals surface area contributed by atoms with E-state index < -0.39 is 0 Å². The van der Waals surface area contributed by atoms with Gasteiger partial charge in [-0.2, -0.15) is 0 Å². The van der Waals surface area contributed by atoms with E-state index >= 15 is 0 Å². The molecule has 3 heteroatoms. The first-order chi connectivity index (χ1) is 6.09. The molecule has 1 rings (SSSR count). The van der Waals surface area contributed by atoms with Crippen LogP contribution in [0.5, 0.6) is 0 Å². The molecule has 0 atom stereocenters. The molecule has 1 N–H and O–H groups in total. The van der Waals surface area contributed by atoms with Crippen molar-refractivity contribution < 1.29 is 4.79 Å². The number of Topliss-reactive ketones (excluding diaryl/α,β-unsaturated/α-hetero) is 1. The molecular weight excluding hydrogens is 182 g/mol. The van der Waals surface area contributed by atoms with Crippen molar-refractivity contribution in [1.29, 1.82) is 0 Å². The molecule has 0 aliphatic rings. The van der Waals surface area contributed by atoms with Gasteiger partial charge in [0.25, 0.3) is 0 Å². The van der Waals surface area contributed by atoms with E-state index in [1.807, 2.05) is 19.1 Å². The highest BCUT2D eigenvalue weighted by Crippen LogP contribution is 2.09. The Morgan fingerprint density at radius 3 is 2.15 bits per heavy atom. The third kappa shape index (κ3) is 2.95. The van der Waals surface area contributed by atoms with Crippen LogP contribution in [0.4, 0.5) is 5.69 Å². The molecule has 0 aromatic heterocycles. The van der Waals surface area contributed by atoms with E-state index in [1.165, 1.54) is 0 Å². The van der Waals surface area contributed by atoms with Crippen molar-refractivity contribution in [3.05, 3.63) is 29.8 Å². The Hall–Kier alpha value is -1.22. The standard InChI is InChI=1S/C10H11NOS/c1-7(12)9-3-5-10(6-4-9)11-8(2)13/h3-6H,1-2H3,(H,11,13). The number of hydrogen-bond acceptors (Lipinski definition) is 2. The van der Waals surface area contributed by atoms with Crippen molar-refractivity contribution in [2.45, 2.75) is 13.8 Å². The van der Waals surface area contributed by atoms with Crippen LogP contribution in [0.2, 0.25) is 0 Å². The fourth-order valence-corrected chi connectivity index (χ4v) is 1.11. The third-order valence-electron chi connectivity index (χ3n) is 1.61. The maximum atomic E-state index is 10.9. The van der Waals surface area contributed by atoms with E-state index in [-0.39, 0.29) is 5.78 Å². The monoisotopic (exact) mass is 193 g/mol. The van der Waals surface area contributed by atoms with Crippen molar-refractivity contribution in [2.75, 3.05) is 5.32 Å². The van der Waals surface area contributed by atoms with Gasteiger partial charge in [-0.1, -0.05) is 12.2 Å². The summed E-state index contributed by atoms with van der Waals surface area (Å²) in [6, 6.07) is 7.24. The molecule has 0 heterocycles. The van der Waals surface area contributed by atoms with E-state index in [0.29, 0.717) is 5.56 Å². The number of carbonyl (C=O) groups excluding carboxylic acids is 1. The van der Waals surface area contributed by atoms with Crippen LogP contribution in [0, 0.1) is 0 Å². The van der Waals surface area contributed by atoms with Crippen LogP contribution in [0.3, 0.4) is 0 Å². The molecule has 68 valence electrons. The van der Waals surface area contributed by atoms with Crippen molar-refractivity contribution in [2.24, 2.45) is 0 Å². The Labute approximate surface area is 83.0 Å². The zero-order chi connectivity index (χ0) is 9.84. The quantitative estimate of drug-likeness (QED) is 0.578. The first-order valence-electron chi connectivity index (χ1n) is 3.98. The summed E-state index contributed by atoms with van der Waals surface area (Å²) in [5, 5.41) is 2.99. The summed E-state index contributed by atoms with van der Waals surface area (Å²) in [5.41, 5.74) is 1.63. The predicted octanol–water partition coefficient (Wildman–Crippen LogP) is 2.65. The molecule has 1 aromatic rings. The minimum Gasteiger partial charge on any atom is -0.350 e. The van der Waals surface area contributed by atoms with Gasteiger partial charge in [0.1, 0.15) is 0 Å². The zero-order valence-electron chi connectivity index (χ0n) is 7.63. The van der Waals surface area contributed by atoms with Crippen LogP contribution < -0.4 is 5.32 Å². The minimum atomic E-state index is 0.0747. The Morgan fingerprint density at radius 1 is 1.23 bits per heavy atom. The Balaban J connectivity index is 2.81. The number of nitrogens with one attached hydrogen (secondary N) is 1. The Bertz CT molecular complexity index is 329. The molecule has 1 aromatic carbocycles. The number of benzene rings is 1. The van der Waals surface area contributed by atoms with Crippen LogP contribution in [0.1, 0.15) is 24.2 Å². The summed E-state index contributed by atoms with van der Waals surface area (Å²) in [6.07, 6.45) is 0. The smallest absolute Gasteiger partial charge is 0.159 e. The van der Waals surface area contributed by atoms with Crippen LogP contribution in [-0.4, -0.2) is 10.8 Å². The molecule has 0 fully saturated rings. The number of anilines is 1. The average Bonchev–Trinajstić information content (AvgIpc) is 2.04. The summed E-state index contributed by atoms with van der Waals surface area (Å²) < 4.78 is 0. The van der Waals surface area contributed by atoms with E-state index in [2.05, 4.69) is 5.32 Å². The Kier molecular flexibility index (Phi) is 3.14. The summed E-state index contributed by atoms with van der Waals surface area (Å²) in [6.45, 7) is 3.36. The van der Waals surface area contributed by atoms with Crippen LogP contribution in [-0.2, 0) is 0 Å². The lowest BCUT2D eigenvalue weighted by atomic mass is 10.1. The topological polar surface area (TPSA) is 29.1 Å². The fourth-order valence-electron chi connectivity index (χ4n) is 0.992. The fraction of sp³-hybridized carbons (Fsp3) is 0.200. The first-order valence-corrected chi connectivity index (χ1v) is 4.39. The molecule has 0 unspecified atom stereocenters. The van der Waals surface area contributed by atoms with E-state index in [0.717, 1.165) is 10.7 Å². The highest BCUT2D eigenvalue weighted by molar-refractivity contribution is 7.80. The number of hydrogen-bond donors (Lipinski definition) is 1. The van der Waals surface area contributed by atoms with E-state index in [9.17, 15) is 4.79 Å². The van der Waals surface area contributed by atoms with E-state index in [4.69, 9.17) is 12.2 Å². The first kappa shape index (κ1) is 9.86. The van der Waals surface area contributed by atoms with Gasteiger partial charge in [-0.05, 0) is 38.1 Å². The lowest BCUT2D eigenvalue weighted by Gasteiger charge is -2.03. The normalized spacial score (nSPS) is 9.38. The second-order valence-electron chi connectivity index (χ2n) is 2.81. The molecule has 0 radical (unpaired) electrons. The van der Waals surface area contributed by atoms with Crippen LogP contribution >= 0.6 is 12.2 Å². The molecule has 0 saturated carbocycles. The second-order valence-corrected chi connectivity index (χ2v) is 3.43. The number of ketones is 1. The largest absolute Gasteiger partial charge is 0.350 e. The zero-order valence-corrected chi connectivity index (χ0v) is 8.44. The lowest BCUT2D eigenvalue weighted by molar-refractivity contribution is 0.101. The van der Waals surface area contributed by atoms with Crippen molar-refractivity contribution in [1.82, 2.24) is 0 Å². The highest BCUT2D eigenvalue weighted by Gasteiger charge is 1.98. The third-order valence-corrected chi connectivity index (χ3v) is 1.71. The number of thiocarbonyl (C=S) groups is 1. The SMILES string of the molecule is CC(=O)c1ccc(NC(C)=S)cc1. The molecular formula is C10H11NOS. The molecule has 0 spiro atoms. The van der Waals surface area contributed by atoms with E-state index in [1.54, 1.807) is 19.1 Å². The van der Waals surface area contributed by atoms with Crippen LogP contribution in [0.15, 0.2) is 24.3 Å². The van der Waals surface area contributed by atoms with Gasteiger partial charge in [0.05, 0.1) is 4.99 Å². The van der Waals surface area contributed by atoms with Crippen LogP contribution in [0.25, 0.3) is 0 Å². The molecule has 0 aliphatic carbocycles. The van der Waals surface area contributed by atoms with Gasteiger partial charge in [0.15, 0.2) is 5.78 Å². The maximum Gasteiger partial charge on any atom is 0.159 e. The Morgan fingerprint density at radius 2 is 1.77 bits per heavy atom. The van der Waals surface area contributed by atoms with Crippen molar-refractivity contribution in [3.8, 4) is 0 Å². The van der Waals surface area contributed by atoms with Gasteiger partial charge in [0.2, 0.25) is 0 Å².